The van der Waals surface area contributed by atoms with E-state index in [2.05, 4.69) is 4.74 Å². The summed E-state index contributed by atoms with van der Waals surface area (Å²) in [5.74, 6) is -0.237. The fourth-order valence-corrected chi connectivity index (χ4v) is 1.34. The lowest BCUT2D eigenvalue weighted by Gasteiger charge is -2.09. The van der Waals surface area contributed by atoms with Crippen LogP contribution < -0.4 is 0 Å². The summed E-state index contributed by atoms with van der Waals surface area (Å²) in [6.07, 6.45) is 4.58. The Balaban J connectivity index is 2.13. The zero-order chi connectivity index (χ0) is 8.10. The first-order valence-electron chi connectivity index (χ1n) is 4.01. The standard InChI is InChI=1S/C8H14O3/c1-10-6-8(9)11-7-4-2-3-5-7/h7H,2-6H2,1H3. The largest absolute Gasteiger partial charge is 0.461 e. The number of carbonyl (C=O) groups is 1. The van der Waals surface area contributed by atoms with Gasteiger partial charge < -0.3 is 9.47 Å². The summed E-state index contributed by atoms with van der Waals surface area (Å²) in [4.78, 5) is 10.9. The van der Waals surface area contributed by atoms with Gasteiger partial charge in [-0.2, -0.15) is 0 Å². The molecule has 0 heterocycles. The Bertz CT molecular complexity index is 127. The fourth-order valence-electron chi connectivity index (χ4n) is 1.34. The van der Waals surface area contributed by atoms with Crippen molar-refractivity contribution in [2.75, 3.05) is 13.7 Å². The highest BCUT2D eigenvalue weighted by Gasteiger charge is 2.18. The molecule has 0 saturated heterocycles. The fraction of sp³-hybridized carbons (Fsp3) is 0.875. The predicted molar refractivity (Wildman–Crippen MR) is 40.2 cm³/mol. The summed E-state index contributed by atoms with van der Waals surface area (Å²) >= 11 is 0. The van der Waals surface area contributed by atoms with Gasteiger partial charge in [-0.3, -0.25) is 0 Å². The van der Waals surface area contributed by atoms with E-state index in [-0.39, 0.29) is 18.7 Å². The van der Waals surface area contributed by atoms with Crippen LogP contribution in [0.25, 0.3) is 0 Å². The molecule has 0 aliphatic heterocycles. The van der Waals surface area contributed by atoms with E-state index in [1.54, 1.807) is 0 Å². The molecule has 64 valence electrons. The van der Waals surface area contributed by atoms with Crippen molar-refractivity contribution in [3.63, 3.8) is 0 Å². The molecule has 11 heavy (non-hydrogen) atoms. The molecule has 1 aliphatic carbocycles. The molecule has 3 heteroatoms. The summed E-state index contributed by atoms with van der Waals surface area (Å²) in [7, 11) is 1.50. The lowest BCUT2D eigenvalue weighted by atomic mass is 10.3. The predicted octanol–water partition coefficient (Wildman–Crippen LogP) is 1.12. The van der Waals surface area contributed by atoms with Crippen molar-refractivity contribution in [1.82, 2.24) is 0 Å². The van der Waals surface area contributed by atoms with Gasteiger partial charge in [-0.1, -0.05) is 0 Å². The molecule has 0 radical (unpaired) electrons. The van der Waals surface area contributed by atoms with E-state index in [0.29, 0.717) is 0 Å². The summed E-state index contributed by atoms with van der Waals surface area (Å²) in [6.45, 7) is 0.0799. The topological polar surface area (TPSA) is 35.5 Å². The maximum atomic E-state index is 10.9. The molecule has 1 fully saturated rings. The Labute approximate surface area is 66.7 Å². The van der Waals surface area contributed by atoms with Crippen molar-refractivity contribution in [2.24, 2.45) is 0 Å². The zero-order valence-corrected chi connectivity index (χ0v) is 6.84. The molecule has 0 unspecified atom stereocenters. The highest BCUT2D eigenvalue weighted by molar-refractivity contribution is 5.70. The molecule has 0 aromatic carbocycles. The van der Waals surface area contributed by atoms with Gasteiger partial charge in [-0.15, -0.1) is 0 Å². The lowest BCUT2D eigenvalue weighted by molar-refractivity contribution is -0.153. The highest BCUT2D eigenvalue weighted by atomic mass is 16.6. The summed E-state index contributed by atoms with van der Waals surface area (Å²) in [6, 6.07) is 0. The molecule has 1 aliphatic rings. The first-order chi connectivity index (χ1) is 5.33. The number of esters is 1. The summed E-state index contributed by atoms with van der Waals surface area (Å²) in [5.41, 5.74) is 0. The minimum Gasteiger partial charge on any atom is -0.461 e. The lowest BCUT2D eigenvalue weighted by Crippen LogP contribution is -2.18. The zero-order valence-electron chi connectivity index (χ0n) is 6.84. The van der Waals surface area contributed by atoms with Crippen LogP contribution in [0.3, 0.4) is 0 Å². The number of hydrogen-bond donors (Lipinski definition) is 0. The Morgan fingerprint density at radius 2 is 2.09 bits per heavy atom. The number of hydrogen-bond acceptors (Lipinski definition) is 3. The SMILES string of the molecule is COCC(=O)OC1CCCC1. The van der Waals surface area contributed by atoms with Crippen LogP contribution >= 0.6 is 0 Å². The number of carbonyl (C=O) groups excluding carboxylic acids is 1. The minimum atomic E-state index is -0.237. The Morgan fingerprint density at radius 3 is 2.64 bits per heavy atom. The third-order valence-electron chi connectivity index (χ3n) is 1.86. The van der Waals surface area contributed by atoms with Crippen LogP contribution in [0, 0.1) is 0 Å². The summed E-state index contributed by atoms with van der Waals surface area (Å²) in [5, 5.41) is 0. The normalized spacial score (nSPS) is 18.6. The summed E-state index contributed by atoms with van der Waals surface area (Å²) < 4.78 is 9.73. The molecule has 0 atom stereocenters. The minimum absolute atomic E-state index is 0.0799. The van der Waals surface area contributed by atoms with Crippen LogP contribution in [0.4, 0.5) is 0 Å². The van der Waals surface area contributed by atoms with E-state index in [9.17, 15) is 4.79 Å². The van der Waals surface area contributed by atoms with Crippen molar-refractivity contribution in [3.05, 3.63) is 0 Å². The van der Waals surface area contributed by atoms with Crippen LogP contribution in [0.2, 0.25) is 0 Å². The van der Waals surface area contributed by atoms with E-state index in [4.69, 9.17) is 4.74 Å². The van der Waals surface area contributed by atoms with Gasteiger partial charge in [-0.25, -0.2) is 4.79 Å². The molecule has 0 spiro atoms. The number of ether oxygens (including phenoxy) is 2. The molecular formula is C8H14O3. The monoisotopic (exact) mass is 158 g/mol. The third kappa shape index (κ3) is 2.89. The second kappa shape index (κ2) is 4.34. The molecule has 0 amide bonds. The smallest absolute Gasteiger partial charge is 0.332 e. The van der Waals surface area contributed by atoms with Crippen molar-refractivity contribution >= 4 is 5.97 Å². The van der Waals surface area contributed by atoms with E-state index in [0.717, 1.165) is 12.8 Å². The van der Waals surface area contributed by atoms with E-state index in [1.807, 2.05) is 0 Å². The van der Waals surface area contributed by atoms with Crippen LogP contribution in [0.5, 0.6) is 0 Å². The van der Waals surface area contributed by atoms with E-state index >= 15 is 0 Å². The number of rotatable bonds is 3. The van der Waals surface area contributed by atoms with Crippen molar-refractivity contribution < 1.29 is 14.3 Å². The Morgan fingerprint density at radius 1 is 1.45 bits per heavy atom. The van der Waals surface area contributed by atoms with Gasteiger partial charge in [0, 0.05) is 7.11 Å². The average molecular weight is 158 g/mol. The van der Waals surface area contributed by atoms with Crippen LogP contribution in [0.15, 0.2) is 0 Å². The first-order valence-corrected chi connectivity index (χ1v) is 4.01. The Kier molecular flexibility index (Phi) is 3.36. The highest BCUT2D eigenvalue weighted by Crippen LogP contribution is 2.20. The van der Waals surface area contributed by atoms with Crippen LogP contribution in [-0.2, 0) is 14.3 Å². The van der Waals surface area contributed by atoms with Gasteiger partial charge in [0.15, 0.2) is 0 Å². The molecule has 0 aromatic heterocycles. The molecular weight excluding hydrogens is 144 g/mol. The van der Waals surface area contributed by atoms with Crippen LogP contribution in [0.1, 0.15) is 25.7 Å². The molecule has 3 nitrogen and oxygen atoms in total. The second-order valence-corrected chi connectivity index (χ2v) is 2.83. The second-order valence-electron chi connectivity index (χ2n) is 2.83. The van der Waals surface area contributed by atoms with Gasteiger partial charge in [-0.05, 0) is 25.7 Å². The van der Waals surface area contributed by atoms with Gasteiger partial charge in [0.1, 0.15) is 12.7 Å². The van der Waals surface area contributed by atoms with Gasteiger partial charge >= 0.3 is 5.97 Å². The molecule has 0 N–H and O–H groups in total. The third-order valence-corrected chi connectivity index (χ3v) is 1.86. The molecule has 1 saturated carbocycles. The van der Waals surface area contributed by atoms with Crippen molar-refractivity contribution in [1.29, 1.82) is 0 Å². The molecule has 0 aromatic rings. The molecule has 1 rings (SSSR count). The van der Waals surface area contributed by atoms with E-state index < -0.39 is 0 Å². The van der Waals surface area contributed by atoms with E-state index in [1.165, 1.54) is 20.0 Å². The van der Waals surface area contributed by atoms with Crippen molar-refractivity contribution in [2.45, 2.75) is 31.8 Å². The van der Waals surface area contributed by atoms with Gasteiger partial charge in [0.25, 0.3) is 0 Å². The van der Waals surface area contributed by atoms with Crippen molar-refractivity contribution in [3.8, 4) is 0 Å². The van der Waals surface area contributed by atoms with Gasteiger partial charge in [0.2, 0.25) is 0 Å². The quantitative estimate of drug-likeness (QED) is 0.577. The number of methoxy groups -OCH3 is 1. The van der Waals surface area contributed by atoms with Gasteiger partial charge in [0.05, 0.1) is 0 Å². The maximum Gasteiger partial charge on any atom is 0.332 e. The Hall–Kier alpha value is -0.570. The maximum absolute atomic E-state index is 10.9. The first kappa shape index (κ1) is 8.53. The average Bonchev–Trinajstić information content (AvgIpc) is 2.40. The molecule has 0 bridgehead atoms. The van der Waals surface area contributed by atoms with Crippen LogP contribution in [-0.4, -0.2) is 25.8 Å².